The highest BCUT2D eigenvalue weighted by Crippen LogP contribution is 2.50. The van der Waals surface area contributed by atoms with Crippen molar-refractivity contribution >= 4 is 46.1 Å². The standard InChI is InChI=1S/C29H32O4S/c1-4-16(2)28(30)33-26-15-21-13-22(26)14-25(21)29(31)32-17(3)18-9-10-24-20(11-18)12-19-7-5-6-8-23(19)27(24)34/h5-12,16-17,21-22,25-26,34H,4,13-15H2,1-3H3. The Morgan fingerprint density at radius 1 is 0.971 bits per heavy atom. The Hall–Kier alpha value is -2.53. The predicted octanol–water partition coefficient (Wildman–Crippen LogP) is 6.89. The number of benzene rings is 3. The van der Waals surface area contributed by atoms with Crippen molar-refractivity contribution in [3.8, 4) is 0 Å². The number of carbonyl (C=O) groups is 2. The van der Waals surface area contributed by atoms with Gasteiger partial charge in [0, 0.05) is 4.90 Å². The molecular formula is C29H32O4S. The Morgan fingerprint density at radius 2 is 1.74 bits per heavy atom. The molecule has 0 heterocycles. The van der Waals surface area contributed by atoms with Gasteiger partial charge in [0.2, 0.25) is 0 Å². The third-order valence-electron chi connectivity index (χ3n) is 8.00. The minimum Gasteiger partial charge on any atom is -0.462 e. The lowest BCUT2D eigenvalue weighted by Gasteiger charge is -2.28. The van der Waals surface area contributed by atoms with Crippen LogP contribution in [0.15, 0.2) is 53.4 Å². The van der Waals surface area contributed by atoms with E-state index in [4.69, 9.17) is 22.1 Å². The molecule has 4 nitrogen and oxygen atoms in total. The molecule has 0 aliphatic heterocycles. The van der Waals surface area contributed by atoms with Crippen LogP contribution in [0.1, 0.15) is 58.1 Å². The molecule has 0 saturated heterocycles. The first kappa shape index (κ1) is 23.2. The zero-order valence-corrected chi connectivity index (χ0v) is 20.9. The summed E-state index contributed by atoms with van der Waals surface area (Å²) >= 11 is 4.77. The van der Waals surface area contributed by atoms with Crippen LogP contribution in [-0.2, 0) is 19.1 Å². The number of rotatable bonds is 6. The highest BCUT2D eigenvalue weighted by Gasteiger charge is 2.51. The first-order valence-corrected chi connectivity index (χ1v) is 12.9. The van der Waals surface area contributed by atoms with Gasteiger partial charge in [0.05, 0.1) is 11.8 Å². The number of ether oxygens (including phenoxy) is 2. The third kappa shape index (κ3) is 4.19. The first-order valence-electron chi connectivity index (χ1n) is 12.4. The summed E-state index contributed by atoms with van der Waals surface area (Å²) in [4.78, 5) is 26.2. The molecule has 3 aromatic rings. The molecule has 0 spiro atoms. The summed E-state index contributed by atoms with van der Waals surface area (Å²) in [6.45, 7) is 5.84. The van der Waals surface area contributed by atoms with Gasteiger partial charge in [0.25, 0.3) is 0 Å². The summed E-state index contributed by atoms with van der Waals surface area (Å²) in [5.41, 5.74) is 0.979. The van der Waals surface area contributed by atoms with E-state index in [9.17, 15) is 9.59 Å². The molecule has 0 amide bonds. The molecule has 6 unspecified atom stereocenters. The molecule has 2 aliphatic rings. The van der Waals surface area contributed by atoms with Crippen LogP contribution in [0.4, 0.5) is 0 Å². The normalized spacial score (nSPS) is 25.4. The van der Waals surface area contributed by atoms with Crippen LogP contribution in [0.25, 0.3) is 21.5 Å². The lowest BCUT2D eigenvalue weighted by Crippen LogP contribution is -2.32. The van der Waals surface area contributed by atoms with Gasteiger partial charge < -0.3 is 9.47 Å². The van der Waals surface area contributed by atoms with Crippen molar-refractivity contribution in [2.45, 2.75) is 63.6 Å². The zero-order chi connectivity index (χ0) is 24.0. The average Bonchev–Trinajstić information content (AvgIpc) is 3.44. The van der Waals surface area contributed by atoms with E-state index in [0.29, 0.717) is 0 Å². The zero-order valence-electron chi connectivity index (χ0n) is 20.0. The van der Waals surface area contributed by atoms with Crippen molar-refractivity contribution < 1.29 is 19.1 Å². The van der Waals surface area contributed by atoms with Crippen LogP contribution in [0.3, 0.4) is 0 Å². The molecule has 2 saturated carbocycles. The van der Waals surface area contributed by atoms with Crippen LogP contribution < -0.4 is 0 Å². The number of fused-ring (bicyclic) bond motifs is 4. The Kier molecular flexibility index (Phi) is 6.32. The highest BCUT2D eigenvalue weighted by atomic mass is 32.1. The van der Waals surface area contributed by atoms with Crippen LogP contribution in [0.5, 0.6) is 0 Å². The topological polar surface area (TPSA) is 52.6 Å². The van der Waals surface area contributed by atoms with Crippen LogP contribution >= 0.6 is 12.6 Å². The maximum absolute atomic E-state index is 13.1. The number of hydrogen-bond acceptors (Lipinski definition) is 5. The van der Waals surface area contributed by atoms with Crippen molar-refractivity contribution in [1.29, 1.82) is 0 Å². The number of thiol groups is 1. The molecule has 2 fully saturated rings. The quantitative estimate of drug-likeness (QED) is 0.239. The summed E-state index contributed by atoms with van der Waals surface area (Å²) < 4.78 is 11.7. The van der Waals surface area contributed by atoms with Gasteiger partial charge in [0.1, 0.15) is 12.2 Å². The van der Waals surface area contributed by atoms with E-state index in [2.05, 4.69) is 30.3 Å². The Morgan fingerprint density at radius 3 is 2.47 bits per heavy atom. The Balaban J connectivity index is 1.25. The first-order chi connectivity index (χ1) is 16.4. The second-order valence-corrected chi connectivity index (χ2v) is 10.6. The molecule has 34 heavy (non-hydrogen) atoms. The molecule has 0 radical (unpaired) electrons. The summed E-state index contributed by atoms with van der Waals surface area (Å²) in [5, 5.41) is 4.47. The third-order valence-corrected chi connectivity index (χ3v) is 8.48. The number of hydrogen-bond donors (Lipinski definition) is 1. The van der Waals surface area contributed by atoms with Crippen LogP contribution in [-0.4, -0.2) is 18.0 Å². The van der Waals surface area contributed by atoms with E-state index < -0.39 is 0 Å². The molecule has 2 bridgehead atoms. The second-order valence-electron chi connectivity index (χ2n) is 10.1. The second kappa shape index (κ2) is 9.26. The predicted molar refractivity (Wildman–Crippen MR) is 137 cm³/mol. The molecule has 0 aromatic heterocycles. The Labute approximate surface area is 206 Å². The Bertz CT molecular complexity index is 1250. The van der Waals surface area contributed by atoms with Gasteiger partial charge in [0.15, 0.2) is 0 Å². The van der Waals surface area contributed by atoms with Crippen molar-refractivity contribution in [2.75, 3.05) is 0 Å². The van der Waals surface area contributed by atoms with E-state index in [1.165, 1.54) is 0 Å². The molecular weight excluding hydrogens is 444 g/mol. The van der Waals surface area contributed by atoms with E-state index in [0.717, 1.165) is 57.7 Å². The van der Waals surface area contributed by atoms with Gasteiger partial charge in [-0.3, -0.25) is 9.59 Å². The SMILES string of the molecule is CCC(C)C(=O)OC1CC2CC1CC2C(=O)OC(C)c1ccc2c(S)c3ccccc3cc2c1. The molecule has 0 N–H and O–H groups in total. The minimum atomic E-state index is -0.329. The van der Waals surface area contributed by atoms with Crippen molar-refractivity contribution in [3.63, 3.8) is 0 Å². The molecule has 5 rings (SSSR count). The van der Waals surface area contributed by atoms with Crippen LogP contribution in [0, 0.1) is 23.7 Å². The highest BCUT2D eigenvalue weighted by molar-refractivity contribution is 7.80. The van der Waals surface area contributed by atoms with Gasteiger partial charge in [-0.2, -0.15) is 0 Å². The van der Waals surface area contributed by atoms with Crippen molar-refractivity contribution in [3.05, 3.63) is 54.1 Å². The van der Waals surface area contributed by atoms with Crippen molar-refractivity contribution in [2.24, 2.45) is 23.7 Å². The monoisotopic (exact) mass is 476 g/mol. The number of carbonyl (C=O) groups excluding carboxylic acids is 2. The summed E-state index contributed by atoms with van der Waals surface area (Å²) in [6, 6.07) is 16.6. The number of esters is 2. The van der Waals surface area contributed by atoms with Crippen molar-refractivity contribution in [1.82, 2.24) is 0 Å². The molecule has 178 valence electrons. The summed E-state index contributed by atoms with van der Waals surface area (Å²) in [7, 11) is 0. The van der Waals surface area contributed by atoms with E-state index in [1.807, 2.05) is 39.0 Å². The largest absolute Gasteiger partial charge is 0.462 e. The molecule has 3 aromatic carbocycles. The van der Waals surface area contributed by atoms with Gasteiger partial charge in [-0.15, -0.1) is 12.6 Å². The van der Waals surface area contributed by atoms with Gasteiger partial charge >= 0.3 is 11.9 Å². The van der Waals surface area contributed by atoms with E-state index >= 15 is 0 Å². The molecule has 6 atom stereocenters. The fourth-order valence-electron chi connectivity index (χ4n) is 5.74. The van der Waals surface area contributed by atoms with Gasteiger partial charge in [-0.05, 0) is 83.7 Å². The van der Waals surface area contributed by atoms with E-state index in [1.54, 1.807) is 0 Å². The van der Waals surface area contributed by atoms with Gasteiger partial charge in [-0.1, -0.05) is 50.2 Å². The summed E-state index contributed by atoms with van der Waals surface area (Å²) in [6.07, 6.45) is 2.88. The maximum atomic E-state index is 13.1. The average molecular weight is 477 g/mol. The van der Waals surface area contributed by atoms with Gasteiger partial charge in [-0.25, -0.2) is 0 Å². The lowest BCUT2D eigenvalue weighted by atomic mass is 9.87. The van der Waals surface area contributed by atoms with E-state index in [-0.39, 0.29) is 47.8 Å². The molecule has 5 heteroatoms. The summed E-state index contributed by atoms with van der Waals surface area (Å²) in [5.74, 6) is 0.114. The maximum Gasteiger partial charge on any atom is 0.309 e. The smallest absolute Gasteiger partial charge is 0.309 e. The fourth-order valence-corrected chi connectivity index (χ4v) is 6.15. The lowest BCUT2D eigenvalue weighted by molar-refractivity contribution is -0.160. The molecule has 2 aliphatic carbocycles. The minimum absolute atomic E-state index is 0.0429. The van der Waals surface area contributed by atoms with Crippen LogP contribution in [0.2, 0.25) is 0 Å². The fraction of sp³-hybridized carbons (Fsp3) is 0.448.